The van der Waals surface area contributed by atoms with Gasteiger partial charge >= 0.3 is 0 Å². The third kappa shape index (κ3) is 3.50. The number of piperidine rings is 1. The van der Waals surface area contributed by atoms with E-state index < -0.39 is 0 Å². The van der Waals surface area contributed by atoms with Crippen molar-refractivity contribution in [2.45, 2.75) is 19.8 Å². The Labute approximate surface area is 163 Å². The Balaban J connectivity index is 1.42. The Hall–Kier alpha value is -3.15. The van der Waals surface area contributed by atoms with Gasteiger partial charge in [0.25, 0.3) is 11.8 Å². The van der Waals surface area contributed by atoms with E-state index in [1.807, 2.05) is 36.1 Å². The van der Waals surface area contributed by atoms with Crippen LogP contribution in [0.1, 0.15) is 39.1 Å². The molecule has 0 aromatic heterocycles. The van der Waals surface area contributed by atoms with Crippen molar-refractivity contribution in [3.8, 4) is 5.75 Å². The van der Waals surface area contributed by atoms with Crippen molar-refractivity contribution < 1.29 is 19.1 Å². The van der Waals surface area contributed by atoms with Crippen LogP contribution < -0.4 is 10.1 Å². The minimum Gasteiger partial charge on any atom is -0.482 e. The van der Waals surface area contributed by atoms with Gasteiger partial charge in [-0.15, -0.1) is 0 Å². The number of amides is 2. The summed E-state index contributed by atoms with van der Waals surface area (Å²) in [5.74, 6) is 0.303. The van der Waals surface area contributed by atoms with E-state index in [-0.39, 0.29) is 30.1 Å². The van der Waals surface area contributed by atoms with Crippen LogP contribution >= 0.6 is 0 Å². The zero-order chi connectivity index (χ0) is 19.7. The second kappa shape index (κ2) is 7.46. The van der Waals surface area contributed by atoms with Crippen LogP contribution in [0, 0.1) is 12.8 Å². The van der Waals surface area contributed by atoms with Crippen LogP contribution in [-0.4, -0.2) is 42.2 Å². The van der Waals surface area contributed by atoms with Gasteiger partial charge in [-0.2, -0.15) is 0 Å². The molecule has 2 heterocycles. The normalized spacial score (nSPS) is 16.8. The van der Waals surface area contributed by atoms with E-state index in [1.54, 1.807) is 18.2 Å². The maximum atomic E-state index is 12.9. The highest BCUT2D eigenvalue weighted by atomic mass is 16.5. The van der Waals surface area contributed by atoms with Crippen LogP contribution in [0.25, 0.3) is 0 Å². The molecule has 2 aromatic carbocycles. The topological polar surface area (TPSA) is 75.7 Å². The second-order valence-corrected chi connectivity index (χ2v) is 7.29. The Bertz CT molecular complexity index is 945. The lowest BCUT2D eigenvalue weighted by atomic mass is 9.88. The van der Waals surface area contributed by atoms with Gasteiger partial charge in [-0.1, -0.05) is 18.2 Å². The van der Waals surface area contributed by atoms with Crippen molar-refractivity contribution in [3.63, 3.8) is 0 Å². The van der Waals surface area contributed by atoms with Crippen LogP contribution in [-0.2, 0) is 4.79 Å². The predicted molar refractivity (Wildman–Crippen MR) is 105 cm³/mol. The van der Waals surface area contributed by atoms with Gasteiger partial charge in [0.1, 0.15) is 5.75 Å². The first kappa shape index (κ1) is 18.2. The lowest BCUT2D eigenvalue weighted by molar-refractivity contribution is -0.118. The molecule has 4 rings (SSSR count). The van der Waals surface area contributed by atoms with E-state index >= 15 is 0 Å². The van der Waals surface area contributed by atoms with Crippen molar-refractivity contribution in [3.05, 3.63) is 59.2 Å². The minimum absolute atomic E-state index is 0.00628. The number of rotatable bonds is 3. The van der Waals surface area contributed by atoms with Gasteiger partial charge in [0.15, 0.2) is 12.4 Å². The van der Waals surface area contributed by atoms with E-state index in [4.69, 9.17) is 4.74 Å². The molecule has 1 saturated heterocycles. The third-order valence-electron chi connectivity index (χ3n) is 5.43. The fraction of sp³-hybridized carbons (Fsp3) is 0.318. The molecule has 2 amide bonds. The lowest BCUT2D eigenvalue weighted by Gasteiger charge is -2.32. The average Bonchev–Trinajstić information content (AvgIpc) is 2.72. The smallest absolute Gasteiger partial charge is 0.262 e. The summed E-state index contributed by atoms with van der Waals surface area (Å²) in [7, 11) is 0. The molecule has 144 valence electrons. The zero-order valence-electron chi connectivity index (χ0n) is 15.7. The minimum atomic E-state index is -0.222. The summed E-state index contributed by atoms with van der Waals surface area (Å²) in [5, 5.41) is 2.73. The molecular formula is C22H22N2O4. The number of aryl methyl sites for hydroxylation is 1. The highest BCUT2D eigenvalue weighted by molar-refractivity contribution is 6.02. The first-order valence-electron chi connectivity index (χ1n) is 9.49. The molecule has 2 aliphatic rings. The van der Waals surface area contributed by atoms with Crippen LogP contribution in [0.4, 0.5) is 5.69 Å². The van der Waals surface area contributed by atoms with Crippen molar-refractivity contribution in [1.82, 2.24) is 4.90 Å². The monoisotopic (exact) mass is 378 g/mol. The van der Waals surface area contributed by atoms with Crippen molar-refractivity contribution >= 4 is 23.3 Å². The lowest BCUT2D eigenvalue weighted by Crippen LogP contribution is -2.40. The molecule has 0 saturated carbocycles. The molecule has 28 heavy (non-hydrogen) atoms. The number of anilines is 1. The number of ether oxygens (including phenoxy) is 1. The van der Waals surface area contributed by atoms with E-state index in [2.05, 4.69) is 5.32 Å². The summed E-state index contributed by atoms with van der Waals surface area (Å²) < 4.78 is 5.34. The van der Waals surface area contributed by atoms with Crippen molar-refractivity contribution in [1.29, 1.82) is 0 Å². The molecule has 0 atom stereocenters. The first-order valence-corrected chi connectivity index (χ1v) is 9.49. The number of fused-ring (bicyclic) bond motifs is 1. The number of benzene rings is 2. The Morgan fingerprint density at radius 3 is 2.61 bits per heavy atom. The molecule has 0 unspecified atom stereocenters. The number of Topliss-reactive ketones (excluding diaryl/α,β-unsaturated/α-hetero) is 1. The number of hydrogen-bond acceptors (Lipinski definition) is 4. The molecule has 2 aromatic rings. The number of nitrogens with one attached hydrogen (secondary N) is 1. The Morgan fingerprint density at radius 2 is 1.86 bits per heavy atom. The molecular weight excluding hydrogens is 356 g/mol. The van der Waals surface area contributed by atoms with Gasteiger partial charge in [0, 0.05) is 30.1 Å². The summed E-state index contributed by atoms with van der Waals surface area (Å²) in [6.07, 6.45) is 1.27. The van der Waals surface area contributed by atoms with E-state index in [0.717, 1.165) is 11.1 Å². The highest BCUT2D eigenvalue weighted by Crippen LogP contribution is 2.31. The van der Waals surface area contributed by atoms with E-state index in [0.29, 0.717) is 42.9 Å². The molecule has 0 radical (unpaired) electrons. The van der Waals surface area contributed by atoms with Crippen LogP contribution in [0.2, 0.25) is 0 Å². The summed E-state index contributed by atoms with van der Waals surface area (Å²) in [6.45, 7) is 3.05. The third-order valence-corrected chi connectivity index (χ3v) is 5.43. The molecule has 6 heteroatoms. The second-order valence-electron chi connectivity index (χ2n) is 7.29. The van der Waals surface area contributed by atoms with Gasteiger partial charge in [0.05, 0.1) is 5.69 Å². The number of likely N-dealkylation sites (tertiary alicyclic amines) is 1. The summed E-state index contributed by atoms with van der Waals surface area (Å²) >= 11 is 0. The highest BCUT2D eigenvalue weighted by Gasteiger charge is 2.29. The SMILES string of the molecule is Cc1ccccc1C(=O)N1CCC(C(=O)c2ccc3c(c2)NC(=O)CO3)CC1. The number of carbonyl (C=O) groups excluding carboxylic acids is 3. The summed E-state index contributed by atoms with van der Waals surface area (Å²) in [5.41, 5.74) is 2.78. The molecule has 1 fully saturated rings. The number of ketones is 1. The van der Waals surface area contributed by atoms with Gasteiger partial charge in [-0.3, -0.25) is 14.4 Å². The number of carbonyl (C=O) groups is 3. The fourth-order valence-electron chi connectivity index (χ4n) is 3.80. The van der Waals surface area contributed by atoms with Crippen molar-refractivity contribution in [2.24, 2.45) is 5.92 Å². The zero-order valence-corrected chi connectivity index (χ0v) is 15.7. The molecule has 6 nitrogen and oxygen atoms in total. The predicted octanol–water partition coefficient (Wildman–Crippen LogP) is 3.06. The quantitative estimate of drug-likeness (QED) is 0.833. The number of nitrogens with zero attached hydrogens (tertiary/aromatic N) is 1. The molecule has 0 spiro atoms. The van der Waals surface area contributed by atoms with Crippen molar-refractivity contribution in [2.75, 3.05) is 25.0 Å². The van der Waals surface area contributed by atoms with Crippen LogP contribution in [0.15, 0.2) is 42.5 Å². The van der Waals surface area contributed by atoms with Gasteiger partial charge in [-0.05, 0) is 49.6 Å². The first-order chi connectivity index (χ1) is 13.5. The molecule has 2 aliphatic heterocycles. The van der Waals surface area contributed by atoms with E-state index in [9.17, 15) is 14.4 Å². The maximum Gasteiger partial charge on any atom is 0.262 e. The molecule has 0 aliphatic carbocycles. The van der Waals surface area contributed by atoms with E-state index in [1.165, 1.54) is 0 Å². The fourth-order valence-corrected chi connectivity index (χ4v) is 3.80. The average molecular weight is 378 g/mol. The summed E-state index contributed by atoms with van der Waals surface area (Å²) in [6, 6.07) is 12.7. The van der Waals surface area contributed by atoms with Gasteiger partial charge < -0.3 is 15.0 Å². The Morgan fingerprint density at radius 1 is 1.11 bits per heavy atom. The molecule has 0 bridgehead atoms. The van der Waals surface area contributed by atoms with Crippen LogP contribution in [0.3, 0.4) is 0 Å². The largest absolute Gasteiger partial charge is 0.482 e. The van der Waals surface area contributed by atoms with Gasteiger partial charge in [-0.25, -0.2) is 0 Å². The van der Waals surface area contributed by atoms with Crippen LogP contribution in [0.5, 0.6) is 5.75 Å². The number of hydrogen-bond donors (Lipinski definition) is 1. The maximum absolute atomic E-state index is 12.9. The molecule has 1 N–H and O–H groups in total. The Kier molecular flexibility index (Phi) is 4.86. The van der Waals surface area contributed by atoms with Gasteiger partial charge in [0.2, 0.25) is 0 Å². The summed E-state index contributed by atoms with van der Waals surface area (Å²) in [4.78, 5) is 39.0. The standard InChI is InChI=1S/C22H22N2O4/c1-14-4-2-3-5-17(14)22(27)24-10-8-15(9-11-24)21(26)16-6-7-19-18(12-16)23-20(25)13-28-19/h2-7,12,15H,8-11,13H2,1H3,(H,23,25).